The molecule has 21 heavy (non-hydrogen) atoms. The fourth-order valence-corrected chi connectivity index (χ4v) is 2.91. The molecule has 1 aliphatic rings. The lowest BCUT2D eigenvalue weighted by Crippen LogP contribution is -2.46. The highest BCUT2D eigenvalue weighted by molar-refractivity contribution is 6.30. The van der Waals surface area contributed by atoms with Gasteiger partial charge in [-0.05, 0) is 57.5 Å². The first kappa shape index (κ1) is 16.1. The Balaban J connectivity index is 1.88. The molecule has 0 saturated carbocycles. The Labute approximate surface area is 131 Å². The molecule has 5 heteroatoms. The van der Waals surface area contributed by atoms with Crippen molar-refractivity contribution in [3.63, 3.8) is 0 Å². The van der Waals surface area contributed by atoms with Crippen LogP contribution in [0.25, 0.3) is 0 Å². The van der Waals surface area contributed by atoms with E-state index < -0.39 is 0 Å². The summed E-state index contributed by atoms with van der Waals surface area (Å²) in [6, 6.07) is 7.48. The number of halogens is 1. The maximum Gasteiger partial charge on any atom is 0.260 e. The van der Waals surface area contributed by atoms with Gasteiger partial charge in [0.25, 0.3) is 5.91 Å². The van der Waals surface area contributed by atoms with Crippen molar-refractivity contribution < 1.29 is 9.53 Å². The van der Waals surface area contributed by atoms with Crippen molar-refractivity contribution in [1.82, 2.24) is 10.2 Å². The molecular formula is C16H23ClN2O2. The quantitative estimate of drug-likeness (QED) is 0.878. The van der Waals surface area contributed by atoms with Gasteiger partial charge in [0.15, 0.2) is 6.61 Å². The number of piperidine rings is 1. The number of ether oxygens (including phenoxy) is 1. The minimum absolute atomic E-state index is 0.0655. The molecule has 1 aliphatic heterocycles. The van der Waals surface area contributed by atoms with Crippen molar-refractivity contribution in [2.24, 2.45) is 0 Å². The number of nitrogens with zero attached hydrogens (tertiary/aromatic N) is 1. The average molecular weight is 311 g/mol. The number of rotatable bonds is 6. The van der Waals surface area contributed by atoms with Gasteiger partial charge in [-0.1, -0.05) is 17.7 Å². The van der Waals surface area contributed by atoms with E-state index in [1.165, 1.54) is 6.42 Å². The Morgan fingerprint density at radius 2 is 2.33 bits per heavy atom. The van der Waals surface area contributed by atoms with Gasteiger partial charge >= 0.3 is 0 Å². The van der Waals surface area contributed by atoms with Crippen LogP contribution in [0.1, 0.15) is 25.7 Å². The molecule has 0 radical (unpaired) electrons. The third-order valence-electron chi connectivity index (χ3n) is 3.83. The molecule has 0 aromatic heterocycles. The summed E-state index contributed by atoms with van der Waals surface area (Å²) in [5, 5.41) is 3.77. The van der Waals surface area contributed by atoms with Crippen LogP contribution in [0.5, 0.6) is 5.75 Å². The molecule has 116 valence electrons. The molecule has 1 heterocycles. The van der Waals surface area contributed by atoms with Gasteiger partial charge in [-0.15, -0.1) is 0 Å². The number of amides is 1. The number of carbonyl (C=O) groups excluding carboxylic acids is 1. The molecule has 1 fully saturated rings. The van der Waals surface area contributed by atoms with Gasteiger partial charge in [0.2, 0.25) is 0 Å². The Morgan fingerprint density at radius 1 is 1.48 bits per heavy atom. The van der Waals surface area contributed by atoms with E-state index >= 15 is 0 Å². The van der Waals surface area contributed by atoms with E-state index in [0.29, 0.717) is 16.8 Å². The van der Waals surface area contributed by atoms with Crippen molar-refractivity contribution in [3.8, 4) is 5.75 Å². The molecule has 1 aromatic carbocycles. The van der Waals surface area contributed by atoms with Crippen LogP contribution in [0.3, 0.4) is 0 Å². The van der Waals surface area contributed by atoms with Crippen LogP contribution in [0.15, 0.2) is 24.3 Å². The number of hydrogen-bond donors (Lipinski definition) is 1. The number of likely N-dealkylation sites (tertiary alicyclic amines) is 1. The second-order valence-corrected chi connectivity index (χ2v) is 5.81. The molecule has 1 aromatic rings. The molecule has 1 atom stereocenters. The van der Waals surface area contributed by atoms with E-state index in [-0.39, 0.29) is 12.5 Å². The predicted molar refractivity (Wildman–Crippen MR) is 84.8 cm³/mol. The minimum atomic E-state index is 0.0655. The number of benzene rings is 1. The molecule has 0 bridgehead atoms. The second kappa shape index (κ2) is 8.25. The van der Waals surface area contributed by atoms with Crippen molar-refractivity contribution in [3.05, 3.63) is 29.3 Å². The van der Waals surface area contributed by atoms with E-state index in [4.69, 9.17) is 16.3 Å². The van der Waals surface area contributed by atoms with Crippen molar-refractivity contribution in [2.75, 3.05) is 26.7 Å². The summed E-state index contributed by atoms with van der Waals surface area (Å²) in [4.78, 5) is 14.4. The molecule has 1 unspecified atom stereocenters. The molecule has 2 rings (SSSR count). The monoisotopic (exact) mass is 310 g/mol. The summed E-state index contributed by atoms with van der Waals surface area (Å²) in [6.45, 7) is 1.85. The third kappa shape index (κ3) is 4.90. The highest BCUT2D eigenvalue weighted by Gasteiger charge is 2.26. The maximum absolute atomic E-state index is 12.4. The summed E-state index contributed by atoms with van der Waals surface area (Å²) >= 11 is 5.91. The normalized spacial score (nSPS) is 18.6. The van der Waals surface area contributed by atoms with Gasteiger partial charge in [0.05, 0.1) is 0 Å². The fourth-order valence-electron chi connectivity index (χ4n) is 2.72. The molecule has 1 amide bonds. The number of nitrogens with one attached hydrogen (secondary N) is 1. The van der Waals surface area contributed by atoms with Gasteiger partial charge < -0.3 is 15.0 Å². The van der Waals surface area contributed by atoms with Gasteiger partial charge in [-0.2, -0.15) is 0 Å². The van der Waals surface area contributed by atoms with Crippen LogP contribution in [0, 0.1) is 0 Å². The standard InChI is InChI=1S/C16H23ClN2O2/c1-18-9-8-14-6-2-3-10-19(14)16(20)12-21-15-7-4-5-13(17)11-15/h4-5,7,11,14,18H,2-3,6,8-10,12H2,1H3. The summed E-state index contributed by atoms with van der Waals surface area (Å²) in [5.74, 6) is 0.704. The summed E-state index contributed by atoms with van der Waals surface area (Å²) < 4.78 is 5.56. The smallest absolute Gasteiger partial charge is 0.260 e. The average Bonchev–Trinajstić information content (AvgIpc) is 2.51. The second-order valence-electron chi connectivity index (χ2n) is 5.38. The van der Waals surface area contributed by atoms with Crippen molar-refractivity contribution >= 4 is 17.5 Å². The van der Waals surface area contributed by atoms with Crippen LogP contribution in [0.4, 0.5) is 0 Å². The van der Waals surface area contributed by atoms with E-state index in [1.807, 2.05) is 24.1 Å². The lowest BCUT2D eigenvalue weighted by Gasteiger charge is -2.35. The van der Waals surface area contributed by atoms with E-state index in [2.05, 4.69) is 5.32 Å². The van der Waals surface area contributed by atoms with Crippen LogP contribution < -0.4 is 10.1 Å². The predicted octanol–water partition coefficient (Wildman–Crippen LogP) is 2.71. The molecule has 1 saturated heterocycles. The highest BCUT2D eigenvalue weighted by Crippen LogP contribution is 2.21. The Kier molecular flexibility index (Phi) is 6.33. The first-order valence-corrected chi connectivity index (χ1v) is 7.91. The van der Waals surface area contributed by atoms with Crippen LogP contribution in [-0.4, -0.2) is 43.6 Å². The minimum Gasteiger partial charge on any atom is -0.484 e. The van der Waals surface area contributed by atoms with Gasteiger partial charge in [0, 0.05) is 17.6 Å². The topological polar surface area (TPSA) is 41.6 Å². The van der Waals surface area contributed by atoms with Gasteiger partial charge in [-0.25, -0.2) is 0 Å². The molecule has 4 nitrogen and oxygen atoms in total. The first-order valence-electron chi connectivity index (χ1n) is 7.53. The zero-order valence-electron chi connectivity index (χ0n) is 12.5. The number of carbonyl (C=O) groups is 1. The summed E-state index contributed by atoms with van der Waals surface area (Å²) in [7, 11) is 1.94. The number of hydrogen-bond acceptors (Lipinski definition) is 3. The summed E-state index contributed by atoms with van der Waals surface area (Å²) in [5.41, 5.74) is 0. The summed E-state index contributed by atoms with van der Waals surface area (Å²) in [6.07, 6.45) is 4.37. The molecule has 0 spiro atoms. The van der Waals surface area contributed by atoms with E-state index in [0.717, 1.165) is 32.4 Å². The first-order chi connectivity index (χ1) is 10.2. The highest BCUT2D eigenvalue weighted by atomic mass is 35.5. The lowest BCUT2D eigenvalue weighted by molar-refractivity contribution is -0.137. The molecule has 0 aliphatic carbocycles. The van der Waals surface area contributed by atoms with Gasteiger partial charge in [-0.3, -0.25) is 4.79 Å². The lowest BCUT2D eigenvalue weighted by atomic mass is 9.99. The maximum atomic E-state index is 12.4. The van der Waals surface area contributed by atoms with Crippen LogP contribution in [0.2, 0.25) is 5.02 Å². The van der Waals surface area contributed by atoms with Crippen molar-refractivity contribution in [2.45, 2.75) is 31.7 Å². The molecule has 1 N–H and O–H groups in total. The van der Waals surface area contributed by atoms with Crippen LogP contribution in [-0.2, 0) is 4.79 Å². The van der Waals surface area contributed by atoms with E-state index in [9.17, 15) is 4.79 Å². The Morgan fingerprint density at radius 3 is 3.10 bits per heavy atom. The third-order valence-corrected chi connectivity index (χ3v) is 4.07. The Hall–Kier alpha value is -1.26. The SMILES string of the molecule is CNCCC1CCCCN1C(=O)COc1cccc(Cl)c1. The fraction of sp³-hybridized carbons (Fsp3) is 0.562. The van der Waals surface area contributed by atoms with Crippen molar-refractivity contribution in [1.29, 1.82) is 0 Å². The zero-order chi connectivity index (χ0) is 15.1. The van der Waals surface area contributed by atoms with Crippen LogP contribution >= 0.6 is 11.6 Å². The zero-order valence-corrected chi connectivity index (χ0v) is 13.2. The Bertz CT molecular complexity index is 467. The molecular weight excluding hydrogens is 288 g/mol. The largest absolute Gasteiger partial charge is 0.484 e. The van der Waals surface area contributed by atoms with Gasteiger partial charge in [0.1, 0.15) is 5.75 Å². The van der Waals surface area contributed by atoms with E-state index in [1.54, 1.807) is 12.1 Å².